The first-order valence-electron chi connectivity index (χ1n) is 5.16. The number of nitrogen functional groups attached to an aromatic ring is 1. The topological polar surface area (TPSA) is 77.0 Å². The van der Waals surface area contributed by atoms with Crippen molar-refractivity contribution in [2.24, 2.45) is 0 Å². The molecule has 0 saturated carbocycles. The maximum Gasteiger partial charge on any atom is 0.169 e. The Bertz CT molecular complexity index is 475. The third kappa shape index (κ3) is 1.98. The Morgan fingerprint density at radius 3 is 2.62 bits per heavy atom. The van der Waals surface area contributed by atoms with E-state index in [1.54, 1.807) is 16.8 Å². The highest BCUT2D eigenvalue weighted by Gasteiger charge is 2.07. The summed E-state index contributed by atoms with van der Waals surface area (Å²) in [6.07, 6.45) is 0.802. The highest BCUT2D eigenvalue weighted by molar-refractivity contribution is 5.33. The summed E-state index contributed by atoms with van der Waals surface area (Å²) in [5.41, 5.74) is 7.69. The molecule has 0 fully saturated rings. The quantitative estimate of drug-likeness (QED) is 0.810. The molecule has 0 saturated heterocycles. The molecule has 16 heavy (non-hydrogen) atoms. The van der Waals surface area contributed by atoms with Crippen LogP contribution in [0.1, 0.15) is 18.2 Å². The zero-order chi connectivity index (χ0) is 11.5. The van der Waals surface area contributed by atoms with Crippen molar-refractivity contribution < 1.29 is 5.11 Å². The molecule has 0 radical (unpaired) electrons. The Balaban J connectivity index is 2.23. The number of rotatable bonds is 3. The van der Waals surface area contributed by atoms with Gasteiger partial charge in [-0.2, -0.15) is 0 Å². The number of nitrogens with two attached hydrogens (primary N) is 1. The summed E-state index contributed by atoms with van der Waals surface area (Å²) in [5.74, 6) is 0.749. The summed E-state index contributed by atoms with van der Waals surface area (Å²) in [6.45, 7) is 2.63. The average molecular weight is 218 g/mol. The van der Waals surface area contributed by atoms with Gasteiger partial charge in [0.25, 0.3) is 0 Å². The van der Waals surface area contributed by atoms with Crippen LogP contribution in [-0.2, 0) is 13.0 Å². The number of aromatic nitrogens is 3. The predicted octanol–water partition coefficient (Wildman–Crippen LogP) is 1.18. The van der Waals surface area contributed by atoms with E-state index >= 15 is 0 Å². The molecule has 5 heteroatoms. The Morgan fingerprint density at radius 2 is 2.00 bits per heavy atom. The second-order valence-electron chi connectivity index (χ2n) is 3.60. The minimum absolute atomic E-state index is 0.262. The van der Waals surface area contributed by atoms with Crippen molar-refractivity contribution in [3.63, 3.8) is 0 Å². The lowest BCUT2D eigenvalue weighted by Crippen LogP contribution is -2.06. The molecule has 1 heterocycles. The molecule has 0 atom stereocenters. The Labute approximate surface area is 93.5 Å². The average Bonchev–Trinajstić information content (AvgIpc) is 2.63. The molecule has 0 aliphatic carbocycles. The van der Waals surface area contributed by atoms with E-state index < -0.39 is 0 Å². The lowest BCUT2D eigenvalue weighted by atomic mass is 10.2. The summed E-state index contributed by atoms with van der Waals surface area (Å²) in [4.78, 5) is 0. The van der Waals surface area contributed by atoms with E-state index in [1.165, 1.54) is 0 Å². The Hall–Kier alpha value is -2.04. The molecule has 2 rings (SSSR count). The second kappa shape index (κ2) is 4.22. The van der Waals surface area contributed by atoms with Crippen LogP contribution in [0.25, 0.3) is 0 Å². The van der Waals surface area contributed by atoms with Gasteiger partial charge in [0.1, 0.15) is 5.75 Å². The van der Waals surface area contributed by atoms with E-state index in [0.717, 1.165) is 17.7 Å². The van der Waals surface area contributed by atoms with Gasteiger partial charge in [0.15, 0.2) is 5.82 Å². The number of hydrogen-bond donors (Lipinski definition) is 2. The summed E-state index contributed by atoms with van der Waals surface area (Å²) in [7, 11) is 0. The van der Waals surface area contributed by atoms with Gasteiger partial charge < -0.3 is 10.8 Å². The number of nitrogens with zero attached hydrogens (tertiary/aromatic N) is 3. The van der Waals surface area contributed by atoms with Crippen molar-refractivity contribution in [1.82, 2.24) is 15.0 Å². The summed E-state index contributed by atoms with van der Waals surface area (Å²) in [6, 6.07) is 7.02. The molecule has 84 valence electrons. The van der Waals surface area contributed by atoms with Gasteiger partial charge in [-0.15, -0.1) is 5.10 Å². The van der Waals surface area contributed by atoms with Crippen LogP contribution in [0.5, 0.6) is 5.75 Å². The fourth-order valence-corrected chi connectivity index (χ4v) is 1.61. The van der Waals surface area contributed by atoms with E-state index in [4.69, 9.17) is 5.73 Å². The van der Waals surface area contributed by atoms with Crippen molar-refractivity contribution in [1.29, 1.82) is 0 Å². The van der Waals surface area contributed by atoms with Gasteiger partial charge in [0.05, 0.1) is 12.2 Å². The van der Waals surface area contributed by atoms with Gasteiger partial charge in [0.2, 0.25) is 0 Å². The molecular formula is C11H14N4O. The van der Waals surface area contributed by atoms with Crippen LogP contribution in [0.3, 0.4) is 0 Å². The van der Waals surface area contributed by atoms with Gasteiger partial charge in [-0.3, -0.25) is 0 Å². The number of phenolic OH excluding ortho intramolecular Hbond substituents is 1. The summed E-state index contributed by atoms with van der Waals surface area (Å²) >= 11 is 0. The van der Waals surface area contributed by atoms with E-state index in [0.29, 0.717) is 12.4 Å². The standard InChI is InChI=1S/C11H14N4O/c1-2-10-11(12)13-14-15(10)7-8-3-5-9(16)6-4-8/h3-6,16H,2,7,12H2,1H3. The molecule has 0 amide bonds. The maximum absolute atomic E-state index is 9.17. The number of aromatic hydroxyl groups is 1. The largest absolute Gasteiger partial charge is 0.508 e. The first-order valence-corrected chi connectivity index (χ1v) is 5.16. The van der Waals surface area contributed by atoms with Gasteiger partial charge >= 0.3 is 0 Å². The SMILES string of the molecule is CCc1c(N)nnn1Cc1ccc(O)cc1. The van der Waals surface area contributed by atoms with Gasteiger partial charge in [-0.05, 0) is 24.1 Å². The smallest absolute Gasteiger partial charge is 0.169 e. The fraction of sp³-hybridized carbons (Fsp3) is 0.273. The predicted molar refractivity (Wildman–Crippen MR) is 61.0 cm³/mol. The molecule has 3 N–H and O–H groups in total. The van der Waals surface area contributed by atoms with Crippen LogP contribution in [-0.4, -0.2) is 20.1 Å². The van der Waals surface area contributed by atoms with Crippen molar-refractivity contribution >= 4 is 5.82 Å². The molecule has 0 aliphatic rings. The molecule has 1 aromatic heterocycles. The lowest BCUT2D eigenvalue weighted by molar-refractivity contribution is 0.475. The number of hydrogen-bond acceptors (Lipinski definition) is 4. The van der Waals surface area contributed by atoms with Gasteiger partial charge in [0, 0.05) is 0 Å². The van der Waals surface area contributed by atoms with Crippen molar-refractivity contribution in [3.05, 3.63) is 35.5 Å². The van der Waals surface area contributed by atoms with Crippen molar-refractivity contribution in [2.75, 3.05) is 5.73 Å². The van der Waals surface area contributed by atoms with Crippen LogP contribution >= 0.6 is 0 Å². The van der Waals surface area contributed by atoms with Crippen molar-refractivity contribution in [2.45, 2.75) is 19.9 Å². The highest BCUT2D eigenvalue weighted by Crippen LogP contribution is 2.13. The number of phenols is 1. The minimum atomic E-state index is 0.262. The lowest BCUT2D eigenvalue weighted by Gasteiger charge is -2.05. The summed E-state index contributed by atoms with van der Waals surface area (Å²) in [5, 5.41) is 17.0. The molecular weight excluding hydrogens is 204 g/mol. The van der Waals surface area contributed by atoms with Crippen molar-refractivity contribution in [3.8, 4) is 5.75 Å². The van der Waals surface area contributed by atoms with Crippen LogP contribution in [0, 0.1) is 0 Å². The van der Waals surface area contributed by atoms with Crippen LogP contribution in [0.2, 0.25) is 0 Å². The maximum atomic E-state index is 9.17. The molecule has 0 spiro atoms. The zero-order valence-corrected chi connectivity index (χ0v) is 9.09. The molecule has 1 aromatic carbocycles. The minimum Gasteiger partial charge on any atom is -0.508 e. The number of benzene rings is 1. The molecule has 0 aliphatic heterocycles. The summed E-state index contributed by atoms with van der Waals surface area (Å²) < 4.78 is 1.78. The first kappa shape index (κ1) is 10.5. The molecule has 2 aromatic rings. The zero-order valence-electron chi connectivity index (χ0n) is 9.09. The second-order valence-corrected chi connectivity index (χ2v) is 3.60. The van der Waals surface area contributed by atoms with E-state index in [9.17, 15) is 5.11 Å². The van der Waals surface area contributed by atoms with Gasteiger partial charge in [-0.1, -0.05) is 24.3 Å². The van der Waals surface area contributed by atoms with E-state index in [2.05, 4.69) is 10.3 Å². The van der Waals surface area contributed by atoms with Crippen LogP contribution < -0.4 is 5.73 Å². The Morgan fingerprint density at radius 1 is 1.31 bits per heavy atom. The molecule has 0 bridgehead atoms. The van der Waals surface area contributed by atoms with E-state index in [-0.39, 0.29) is 5.75 Å². The van der Waals surface area contributed by atoms with Crippen LogP contribution in [0.4, 0.5) is 5.82 Å². The highest BCUT2D eigenvalue weighted by atomic mass is 16.3. The first-order chi connectivity index (χ1) is 7.70. The molecule has 5 nitrogen and oxygen atoms in total. The third-order valence-corrected chi connectivity index (χ3v) is 2.47. The van der Waals surface area contributed by atoms with Crippen LogP contribution in [0.15, 0.2) is 24.3 Å². The third-order valence-electron chi connectivity index (χ3n) is 2.47. The van der Waals surface area contributed by atoms with E-state index in [1.807, 2.05) is 19.1 Å². The number of anilines is 1. The van der Waals surface area contributed by atoms with Gasteiger partial charge in [-0.25, -0.2) is 4.68 Å². The molecule has 0 unspecified atom stereocenters. The normalized spacial score (nSPS) is 10.6. The monoisotopic (exact) mass is 218 g/mol. The fourth-order valence-electron chi connectivity index (χ4n) is 1.61. The Kier molecular flexibility index (Phi) is 2.76.